The number of urea groups is 1. The molecule has 46 heavy (non-hydrogen) atoms. The van der Waals surface area contributed by atoms with Gasteiger partial charge in [-0.1, -0.05) is 43.2 Å². The van der Waals surface area contributed by atoms with Crippen LogP contribution < -0.4 is 20.9 Å². The van der Waals surface area contributed by atoms with Crippen LogP contribution in [0.5, 0.6) is 0 Å². The molecule has 12 heteroatoms. The van der Waals surface area contributed by atoms with Gasteiger partial charge in [0.1, 0.15) is 23.3 Å². The lowest BCUT2D eigenvalue weighted by atomic mass is 9.90. The van der Waals surface area contributed by atoms with E-state index in [1.54, 1.807) is 22.0 Å². The van der Waals surface area contributed by atoms with Crippen molar-refractivity contribution in [2.75, 3.05) is 22.1 Å². The first-order chi connectivity index (χ1) is 22.4. The molecule has 2 amide bonds. The number of hydrogen-bond donors (Lipinski definition) is 4. The van der Waals surface area contributed by atoms with E-state index in [4.69, 9.17) is 4.98 Å². The minimum absolute atomic E-state index is 0.0446. The second kappa shape index (κ2) is 14.0. The lowest BCUT2D eigenvalue weighted by Gasteiger charge is -2.36. The summed E-state index contributed by atoms with van der Waals surface area (Å²) in [7, 11) is 1.88. The van der Waals surface area contributed by atoms with E-state index < -0.39 is 5.60 Å². The number of aromatic nitrogens is 5. The van der Waals surface area contributed by atoms with Crippen LogP contribution >= 0.6 is 0 Å². The van der Waals surface area contributed by atoms with Gasteiger partial charge in [-0.15, -0.1) is 0 Å². The van der Waals surface area contributed by atoms with Crippen LogP contribution in [-0.4, -0.2) is 60.1 Å². The molecule has 0 spiro atoms. The number of carbonyl (C=O) groups excluding carboxylic acids is 1. The fourth-order valence-corrected chi connectivity index (χ4v) is 6.37. The Hall–Kier alpha value is -5.02. The van der Waals surface area contributed by atoms with Crippen molar-refractivity contribution in [3.63, 3.8) is 0 Å². The Morgan fingerprint density at radius 1 is 1.04 bits per heavy atom. The van der Waals surface area contributed by atoms with Crippen molar-refractivity contribution in [1.29, 1.82) is 5.26 Å². The van der Waals surface area contributed by atoms with Crippen molar-refractivity contribution in [1.82, 2.24) is 30.0 Å². The number of nitriles is 1. The number of anilines is 3. The van der Waals surface area contributed by atoms with Crippen LogP contribution in [-0.2, 0) is 13.6 Å². The van der Waals surface area contributed by atoms with E-state index in [-0.39, 0.29) is 18.1 Å². The largest absolute Gasteiger partial charge is 0.388 e. The third-order valence-corrected chi connectivity index (χ3v) is 8.96. The molecule has 4 aromatic rings. The summed E-state index contributed by atoms with van der Waals surface area (Å²) in [6, 6.07) is 15.8. The fraction of sp³-hybridized carbons (Fsp3) is 0.412. The quantitative estimate of drug-likeness (QED) is 0.192. The molecule has 3 aromatic heterocycles. The van der Waals surface area contributed by atoms with Gasteiger partial charge in [-0.2, -0.15) is 15.3 Å². The summed E-state index contributed by atoms with van der Waals surface area (Å²) >= 11 is 0. The van der Waals surface area contributed by atoms with Gasteiger partial charge in [0.2, 0.25) is 5.95 Å². The average molecular weight is 621 g/mol. The smallest absolute Gasteiger partial charge is 0.323 e. The number of hydrogen-bond acceptors (Lipinski definition) is 9. The molecule has 238 valence electrons. The minimum atomic E-state index is -0.767. The monoisotopic (exact) mass is 620 g/mol. The van der Waals surface area contributed by atoms with Crippen molar-refractivity contribution in [2.45, 2.75) is 75.6 Å². The first kappa shape index (κ1) is 31.0. The summed E-state index contributed by atoms with van der Waals surface area (Å²) in [5, 5.41) is 34.3. The Morgan fingerprint density at radius 3 is 2.50 bits per heavy atom. The predicted molar refractivity (Wildman–Crippen MR) is 176 cm³/mol. The molecule has 1 aromatic carbocycles. The maximum atomic E-state index is 13.7. The fourth-order valence-electron chi connectivity index (χ4n) is 6.37. The number of nitrogens with one attached hydrogen (secondary N) is 3. The highest BCUT2D eigenvalue weighted by atomic mass is 16.3. The summed E-state index contributed by atoms with van der Waals surface area (Å²) in [5.74, 6) is 1.47. The second-order valence-electron chi connectivity index (χ2n) is 12.3. The first-order valence-corrected chi connectivity index (χ1v) is 16.0. The number of amides is 2. The SMILES string of the molecule is Cn1cc(-c2ccc(N(C(=O)NCc3ccccc3)C3CCC(Nc4ncc(C#N)c(NCC5(O)CCCC5)n4)CC3)nc2)cn1. The van der Waals surface area contributed by atoms with Gasteiger partial charge >= 0.3 is 6.03 Å². The molecule has 0 atom stereocenters. The van der Waals surface area contributed by atoms with Crippen molar-refractivity contribution < 1.29 is 9.90 Å². The molecule has 0 bridgehead atoms. The molecular weight excluding hydrogens is 580 g/mol. The molecule has 2 aliphatic rings. The second-order valence-corrected chi connectivity index (χ2v) is 12.3. The van der Waals surface area contributed by atoms with Crippen LogP contribution in [0.4, 0.5) is 22.4 Å². The van der Waals surface area contributed by atoms with E-state index in [1.165, 1.54) is 6.20 Å². The van der Waals surface area contributed by atoms with Crippen LogP contribution in [0.3, 0.4) is 0 Å². The highest BCUT2D eigenvalue weighted by Crippen LogP contribution is 2.31. The summed E-state index contributed by atoms with van der Waals surface area (Å²) in [6.07, 6.45) is 13.6. The third kappa shape index (κ3) is 7.43. The predicted octanol–water partition coefficient (Wildman–Crippen LogP) is 5.00. The Bertz CT molecular complexity index is 1650. The zero-order valence-corrected chi connectivity index (χ0v) is 26.1. The maximum Gasteiger partial charge on any atom is 0.323 e. The number of carbonyl (C=O) groups is 1. The molecule has 2 fully saturated rings. The van der Waals surface area contributed by atoms with Crippen LogP contribution in [0.15, 0.2) is 67.3 Å². The van der Waals surface area contributed by atoms with Gasteiger partial charge in [-0.05, 0) is 56.2 Å². The Labute approximate surface area is 268 Å². The summed E-state index contributed by atoms with van der Waals surface area (Å²) in [4.78, 5) is 29.2. The molecule has 0 saturated heterocycles. The zero-order chi connectivity index (χ0) is 31.9. The number of pyridine rings is 1. The topological polar surface area (TPSA) is 157 Å². The summed E-state index contributed by atoms with van der Waals surface area (Å²) in [5.41, 5.74) is 2.50. The number of aliphatic hydroxyl groups is 1. The van der Waals surface area contributed by atoms with E-state index in [0.717, 1.165) is 68.1 Å². The lowest BCUT2D eigenvalue weighted by molar-refractivity contribution is 0.0614. The van der Waals surface area contributed by atoms with Gasteiger partial charge in [0.15, 0.2) is 0 Å². The molecule has 6 rings (SSSR count). The Kier molecular flexibility index (Phi) is 9.40. The van der Waals surface area contributed by atoms with Crippen LogP contribution in [0, 0.1) is 11.3 Å². The Balaban J connectivity index is 1.12. The maximum absolute atomic E-state index is 13.7. The van der Waals surface area contributed by atoms with E-state index in [1.807, 2.05) is 55.7 Å². The summed E-state index contributed by atoms with van der Waals surface area (Å²) < 4.78 is 1.75. The van der Waals surface area contributed by atoms with E-state index in [9.17, 15) is 15.2 Å². The molecular formula is C34H40N10O2. The Morgan fingerprint density at radius 2 is 1.83 bits per heavy atom. The van der Waals surface area contributed by atoms with E-state index >= 15 is 0 Å². The molecule has 0 radical (unpaired) electrons. The molecule has 0 unspecified atom stereocenters. The van der Waals surface area contributed by atoms with Crippen LogP contribution in [0.2, 0.25) is 0 Å². The van der Waals surface area contributed by atoms with Crippen molar-refractivity contribution in [2.24, 2.45) is 7.05 Å². The number of rotatable bonds is 10. The highest BCUT2D eigenvalue weighted by Gasteiger charge is 2.32. The first-order valence-electron chi connectivity index (χ1n) is 16.0. The average Bonchev–Trinajstić information content (AvgIpc) is 3.73. The van der Waals surface area contributed by atoms with Crippen molar-refractivity contribution in [3.05, 3.63) is 78.4 Å². The molecule has 2 saturated carbocycles. The number of aryl methyl sites for hydroxylation is 1. The van der Waals surface area contributed by atoms with Crippen molar-refractivity contribution in [3.8, 4) is 17.2 Å². The molecule has 3 heterocycles. The lowest BCUT2D eigenvalue weighted by Crippen LogP contribution is -2.49. The van der Waals surface area contributed by atoms with Gasteiger partial charge in [-0.3, -0.25) is 9.58 Å². The van der Waals surface area contributed by atoms with Crippen LogP contribution in [0.1, 0.15) is 62.5 Å². The molecule has 2 aliphatic carbocycles. The van der Waals surface area contributed by atoms with Gasteiger partial charge in [0.05, 0.1) is 18.0 Å². The van der Waals surface area contributed by atoms with Crippen LogP contribution in [0.25, 0.3) is 11.1 Å². The molecule has 0 aliphatic heterocycles. The van der Waals surface area contributed by atoms with E-state index in [2.05, 4.69) is 37.1 Å². The van der Waals surface area contributed by atoms with E-state index in [0.29, 0.717) is 36.2 Å². The normalized spacial score (nSPS) is 18.8. The number of nitrogens with zero attached hydrogens (tertiary/aromatic N) is 7. The minimum Gasteiger partial charge on any atom is -0.388 e. The van der Waals surface area contributed by atoms with Crippen molar-refractivity contribution >= 4 is 23.6 Å². The number of benzene rings is 1. The van der Waals surface area contributed by atoms with Gasteiger partial charge in [-0.25, -0.2) is 14.8 Å². The standard InChI is InChI=1S/C34H40N10O2/c1-43-22-27(21-40-43)25-9-14-30(36-19-25)44(33(45)38-18-24-7-3-2-4-8-24)29-12-10-28(11-13-29)41-32-37-20-26(17-35)31(42-32)39-23-34(46)15-5-6-16-34/h2-4,7-9,14,19-22,28-29,46H,5-6,10-13,15-16,18,23H2,1H3,(H,38,45)(H2,37,39,41,42). The molecule has 4 N–H and O–H groups in total. The zero-order valence-electron chi connectivity index (χ0n) is 26.1. The third-order valence-electron chi connectivity index (χ3n) is 8.96. The van der Waals surface area contributed by atoms with Gasteiger partial charge in [0.25, 0.3) is 0 Å². The van der Waals surface area contributed by atoms with Gasteiger partial charge in [0, 0.05) is 55.7 Å². The molecule has 12 nitrogen and oxygen atoms in total. The van der Waals surface area contributed by atoms with Gasteiger partial charge < -0.3 is 21.1 Å². The highest BCUT2D eigenvalue weighted by molar-refractivity contribution is 5.91. The summed E-state index contributed by atoms with van der Waals surface area (Å²) in [6.45, 7) is 0.771.